The van der Waals surface area contributed by atoms with Crippen LogP contribution in [0.2, 0.25) is 5.02 Å². The number of hydrogen-bond acceptors (Lipinski definition) is 4. The zero-order valence-electron chi connectivity index (χ0n) is 18.0. The van der Waals surface area contributed by atoms with Crippen LogP contribution >= 0.6 is 11.6 Å². The number of carbonyl (C=O) groups is 1. The molecule has 2 rings (SSSR count). The Labute approximate surface area is 148 Å². The first-order chi connectivity index (χ1) is 13.3. The first kappa shape index (κ1) is 11.0. The average molecular weight is 368 g/mol. The van der Waals surface area contributed by atoms with E-state index in [-0.39, 0.29) is 19.4 Å². The van der Waals surface area contributed by atoms with Gasteiger partial charge in [0.2, 0.25) is 10.0 Å². The normalized spacial score (nSPS) is 24.6. The third-order valence-electron chi connectivity index (χ3n) is 2.93. The Hall–Kier alpha value is -1.60. The van der Waals surface area contributed by atoms with Crippen molar-refractivity contribution in [1.82, 2.24) is 0 Å². The van der Waals surface area contributed by atoms with E-state index in [4.69, 9.17) is 24.6 Å². The molecule has 0 aromatic heterocycles. The maximum atomic E-state index is 13.7. The lowest BCUT2D eigenvalue weighted by Crippen LogP contribution is -2.34. The fraction of sp³-hybridized carbons (Fsp3) is 0.400. The number of esters is 1. The van der Waals surface area contributed by atoms with Gasteiger partial charge in [-0.1, -0.05) is 17.7 Å². The molecule has 0 saturated heterocycles. The summed E-state index contributed by atoms with van der Waals surface area (Å²) < 4.78 is 92.6. The molecule has 1 aromatic carbocycles. The summed E-state index contributed by atoms with van der Waals surface area (Å²) >= 11 is 5.78. The number of allylic oxidation sites excluding steroid dienone is 1. The topological polar surface area (TPSA) is 72.5 Å². The Morgan fingerprint density at radius 1 is 1.61 bits per heavy atom. The minimum absolute atomic E-state index is 0.135. The Kier molecular flexibility index (Phi) is 3.51. The van der Waals surface area contributed by atoms with Crippen LogP contribution in [0, 0.1) is 5.82 Å². The molecular weight excluding hydrogens is 345 g/mol. The molecule has 126 valence electrons. The second-order valence-corrected chi connectivity index (χ2v) is 6.73. The van der Waals surface area contributed by atoms with Gasteiger partial charge in [0.15, 0.2) is 0 Å². The summed E-state index contributed by atoms with van der Waals surface area (Å²) in [6.45, 7) is 1.32. The molecule has 1 aliphatic rings. The van der Waals surface area contributed by atoms with Gasteiger partial charge in [-0.05, 0) is 44.3 Å². The van der Waals surface area contributed by atoms with Crippen molar-refractivity contribution in [2.75, 3.05) is 11.3 Å². The van der Waals surface area contributed by atoms with Crippen LogP contribution in [0.3, 0.4) is 0 Å². The van der Waals surface area contributed by atoms with E-state index in [1.807, 2.05) is 4.72 Å². The lowest BCUT2D eigenvalue weighted by molar-refractivity contribution is -0.138. The first-order valence-electron chi connectivity index (χ1n) is 9.61. The molecule has 0 heterocycles. The van der Waals surface area contributed by atoms with E-state index >= 15 is 0 Å². The maximum Gasteiger partial charge on any atom is 0.335 e. The maximum absolute atomic E-state index is 13.7. The standard InChI is InChI=1S/C15H17ClFNO4S/c1-2-22-15(19)11-5-3-4-6-14(11)23(20,21)18-13-8-7-10(17)9-12(13)16/h5,7-9,14,18H,2-4,6H2,1H3/t14-/m1/s1/i3D2,5D,7D,8D,9D. The SMILES string of the molecule is [2H]C1=C(C(=O)OCC)[C@H](S(=O)(=O)Nc2c([2H])c([2H])c(F)c([2H])c2Cl)CCC1([2H])[2H]. The van der Waals surface area contributed by atoms with Gasteiger partial charge in [-0.15, -0.1) is 0 Å². The zero-order valence-corrected chi connectivity index (χ0v) is 13.6. The summed E-state index contributed by atoms with van der Waals surface area (Å²) in [5.41, 5.74) is -1.41. The van der Waals surface area contributed by atoms with Crippen LogP contribution < -0.4 is 4.72 Å². The molecule has 0 spiro atoms. The Balaban J connectivity index is 2.59. The van der Waals surface area contributed by atoms with Crippen LogP contribution in [0.25, 0.3) is 0 Å². The molecule has 8 heteroatoms. The smallest absolute Gasteiger partial charge is 0.335 e. The van der Waals surface area contributed by atoms with Crippen molar-refractivity contribution in [1.29, 1.82) is 0 Å². The largest absolute Gasteiger partial charge is 0.463 e. The molecule has 0 unspecified atom stereocenters. The average Bonchev–Trinajstić information content (AvgIpc) is 2.64. The number of sulfonamides is 1. The highest BCUT2D eigenvalue weighted by Crippen LogP contribution is 2.30. The number of nitrogens with one attached hydrogen (secondary N) is 1. The van der Waals surface area contributed by atoms with Crippen molar-refractivity contribution in [3.63, 3.8) is 0 Å². The predicted octanol–water partition coefficient (Wildman–Crippen LogP) is 3.26. The summed E-state index contributed by atoms with van der Waals surface area (Å²) in [4.78, 5) is 12.3. The van der Waals surface area contributed by atoms with E-state index < -0.39 is 73.9 Å². The molecule has 0 saturated carbocycles. The second-order valence-electron chi connectivity index (χ2n) is 4.49. The number of rotatable bonds is 5. The molecule has 0 radical (unpaired) electrons. The molecular formula is C15H17ClFNO4S. The van der Waals surface area contributed by atoms with E-state index in [1.165, 1.54) is 6.92 Å². The summed E-state index contributed by atoms with van der Waals surface area (Å²) in [6.07, 6.45) is -3.00. The van der Waals surface area contributed by atoms with E-state index in [0.29, 0.717) is 0 Å². The van der Waals surface area contributed by atoms with Crippen LogP contribution in [-0.4, -0.2) is 26.2 Å². The van der Waals surface area contributed by atoms with Crippen LogP contribution in [0.4, 0.5) is 10.1 Å². The number of anilines is 1. The number of benzene rings is 1. The highest BCUT2D eigenvalue weighted by atomic mass is 35.5. The molecule has 0 fully saturated rings. The van der Waals surface area contributed by atoms with Crippen molar-refractivity contribution < 1.29 is 30.6 Å². The minimum atomic E-state index is -4.61. The summed E-state index contributed by atoms with van der Waals surface area (Å²) in [5, 5.41) is -2.45. The van der Waals surface area contributed by atoms with Crippen LogP contribution in [0.15, 0.2) is 29.8 Å². The Morgan fingerprint density at radius 3 is 3.04 bits per heavy atom. The minimum Gasteiger partial charge on any atom is -0.463 e. The molecule has 1 atom stereocenters. The van der Waals surface area contributed by atoms with Gasteiger partial charge < -0.3 is 4.74 Å². The van der Waals surface area contributed by atoms with E-state index in [0.717, 1.165) is 0 Å². The quantitative estimate of drug-likeness (QED) is 0.811. The third-order valence-corrected chi connectivity index (χ3v) is 4.92. The van der Waals surface area contributed by atoms with E-state index in [9.17, 15) is 17.6 Å². The van der Waals surface area contributed by atoms with Crippen LogP contribution in [0.5, 0.6) is 0 Å². The number of carbonyl (C=O) groups excluding carboxylic acids is 1. The number of hydrogen-bond donors (Lipinski definition) is 1. The van der Waals surface area contributed by atoms with E-state index in [2.05, 4.69) is 0 Å². The van der Waals surface area contributed by atoms with Crippen molar-refractivity contribution in [3.05, 3.63) is 40.6 Å². The third kappa shape index (κ3) is 4.23. The molecule has 23 heavy (non-hydrogen) atoms. The number of halogens is 2. The fourth-order valence-electron chi connectivity index (χ4n) is 1.93. The van der Waals surface area contributed by atoms with Gasteiger partial charge in [-0.2, -0.15) is 0 Å². The Bertz CT molecular complexity index is 972. The monoisotopic (exact) mass is 367 g/mol. The van der Waals surface area contributed by atoms with Crippen molar-refractivity contribution in [3.8, 4) is 0 Å². The lowest BCUT2D eigenvalue weighted by Gasteiger charge is -2.24. The van der Waals surface area contributed by atoms with Gasteiger partial charge >= 0.3 is 5.97 Å². The summed E-state index contributed by atoms with van der Waals surface area (Å²) in [7, 11) is -4.61. The van der Waals surface area contributed by atoms with Crippen LogP contribution in [0.1, 0.15) is 34.4 Å². The van der Waals surface area contributed by atoms with Gasteiger partial charge in [0, 0.05) is 2.74 Å². The summed E-state index contributed by atoms with van der Waals surface area (Å²) in [6, 6.07) is -3.77. The van der Waals surface area contributed by atoms with Crippen molar-refractivity contribution in [2.45, 2.75) is 31.4 Å². The Morgan fingerprint density at radius 2 is 2.35 bits per heavy atom. The number of ether oxygens (including phenoxy) is 1. The molecule has 0 bridgehead atoms. The lowest BCUT2D eigenvalue weighted by atomic mass is 9.99. The molecule has 1 N–H and O–H groups in total. The molecule has 1 aromatic rings. The molecule has 0 aliphatic heterocycles. The van der Waals surface area contributed by atoms with Crippen molar-refractivity contribution in [2.24, 2.45) is 0 Å². The van der Waals surface area contributed by atoms with Crippen LogP contribution in [-0.2, 0) is 19.6 Å². The highest BCUT2D eigenvalue weighted by molar-refractivity contribution is 7.93. The van der Waals surface area contributed by atoms with E-state index in [1.54, 1.807) is 0 Å². The van der Waals surface area contributed by atoms with Crippen molar-refractivity contribution >= 4 is 33.3 Å². The van der Waals surface area contributed by atoms with Gasteiger partial charge in [0.25, 0.3) is 0 Å². The van der Waals surface area contributed by atoms with Gasteiger partial charge in [0.1, 0.15) is 11.1 Å². The van der Waals surface area contributed by atoms with Gasteiger partial charge in [-0.25, -0.2) is 17.6 Å². The second kappa shape index (κ2) is 7.31. The summed E-state index contributed by atoms with van der Waals surface area (Å²) in [5.74, 6) is -2.57. The highest BCUT2D eigenvalue weighted by Gasteiger charge is 2.35. The van der Waals surface area contributed by atoms with Gasteiger partial charge in [0.05, 0.1) is 28.4 Å². The molecule has 1 aliphatic carbocycles. The first-order valence-corrected chi connectivity index (χ1v) is 8.53. The molecule has 0 amide bonds. The fourth-order valence-corrected chi connectivity index (χ4v) is 3.64. The zero-order chi connectivity index (χ0) is 22.3. The molecule has 5 nitrogen and oxygen atoms in total. The predicted molar refractivity (Wildman–Crippen MR) is 86.3 cm³/mol. The van der Waals surface area contributed by atoms with Gasteiger partial charge in [-0.3, -0.25) is 4.72 Å².